The lowest BCUT2D eigenvalue weighted by Crippen LogP contribution is -2.51. The fourth-order valence-electron chi connectivity index (χ4n) is 6.87. The highest BCUT2D eigenvalue weighted by Gasteiger charge is 2.54. The van der Waals surface area contributed by atoms with E-state index >= 15 is 0 Å². The summed E-state index contributed by atoms with van der Waals surface area (Å²) in [6.07, 6.45) is 7.17. The van der Waals surface area contributed by atoms with Gasteiger partial charge in [0.2, 0.25) is 5.91 Å². The summed E-state index contributed by atoms with van der Waals surface area (Å²) < 4.78 is 20.6. The van der Waals surface area contributed by atoms with Gasteiger partial charge in [-0.2, -0.15) is 0 Å². The molecule has 2 unspecified atom stereocenters. The van der Waals surface area contributed by atoms with Crippen molar-refractivity contribution in [3.63, 3.8) is 0 Å². The molecule has 1 N–H and O–H groups in total. The van der Waals surface area contributed by atoms with Gasteiger partial charge in [0.1, 0.15) is 5.82 Å². The summed E-state index contributed by atoms with van der Waals surface area (Å²) in [4.78, 5) is 15.2. The number of nitrogens with zero attached hydrogens (tertiary/aromatic N) is 1. The van der Waals surface area contributed by atoms with Gasteiger partial charge in [-0.15, -0.1) is 0 Å². The number of rotatable bonds is 3. The van der Waals surface area contributed by atoms with Crippen molar-refractivity contribution in [3.8, 4) is 0 Å². The summed E-state index contributed by atoms with van der Waals surface area (Å²) in [5.74, 6) is 2.02. The number of carbonyl (C=O) groups excluding carboxylic acids is 1. The Kier molecular flexibility index (Phi) is 4.42. The zero-order chi connectivity index (χ0) is 19.5. The molecule has 1 aliphatic heterocycles. The number of carbonyl (C=O) groups is 1. The van der Waals surface area contributed by atoms with Crippen LogP contribution in [0.5, 0.6) is 0 Å². The minimum atomic E-state index is -0.274. The van der Waals surface area contributed by atoms with Gasteiger partial charge in [-0.25, -0.2) is 4.39 Å². The number of amides is 1. The first kappa shape index (κ1) is 18.4. The summed E-state index contributed by atoms with van der Waals surface area (Å²) in [7, 11) is 0. The molecule has 1 aromatic rings. The topological polar surface area (TPSA) is 41.6 Å². The van der Waals surface area contributed by atoms with Crippen molar-refractivity contribution in [2.75, 3.05) is 23.3 Å². The highest BCUT2D eigenvalue weighted by Crippen LogP contribution is 2.60. The first-order valence-corrected chi connectivity index (χ1v) is 10.9. The molecule has 4 bridgehead atoms. The van der Waals surface area contributed by atoms with Crippen LogP contribution in [-0.4, -0.2) is 31.2 Å². The fourth-order valence-corrected chi connectivity index (χ4v) is 6.87. The minimum absolute atomic E-state index is 0.0820. The van der Waals surface area contributed by atoms with Crippen molar-refractivity contribution in [1.82, 2.24) is 0 Å². The monoisotopic (exact) mass is 386 g/mol. The lowest BCUT2D eigenvalue weighted by molar-refractivity contribution is -0.140. The van der Waals surface area contributed by atoms with Gasteiger partial charge in [0.15, 0.2) is 0 Å². The van der Waals surface area contributed by atoms with Gasteiger partial charge in [0.05, 0.1) is 23.3 Å². The molecule has 0 spiro atoms. The predicted octanol–water partition coefficient (Wildman–Crippen LogP) is 4.59. The summed E-state index contributed by atoms with van der Waals surface area (Å²) in [6.45, 7) is 5.39. The lowest BCUT2D eigenvalue weighted by atomic mass is 9.49. The van der Waals surface area contributed by atoms with Crippen LogP contribution in [0.2, 0.25) is 0 Å². The normalized spacial score (nSPS) is 39.2. The molecule has 1 aromatic carbocycles. The van der Waals surface area contributed by atoms with Crippen LogP contribution in [0, 0.1) is 29.0 Å². The summed E-state index contributed by atoms with van der Waals surface area (Å²) >= 11 is 0. The maximum absolute atomic E-state index is 14.9. The molecule has 0 radical (unpaired) electrons. The Morgan fingerprint density at radius 2 is 1.64 bits per heavy atom. The van der Waals surface area contributed by atoms with Gasteiger partial charge >= 0.3 is 0 Å². The van der Waals surface area contributed by atoms with Crippen molar-refractivity contribution in [3.05, 3.63) is 24.0 Å². The van der Waals surface area contributed by atoms with Crippen molar-refractivity contribution >= 4 is 17.3 Å². The minimum Gasteiger partial charge on any atom is -0.372 e. The number of halogens is 1. The lowest BCUT2D eigenvalue weighted by Gasteiger charge is -2.55. The smallest absolute Gasteiger partial charge is 0.230 e. The summed E-state index contributed by atoms with van der Waals surface area (Å²) in [6, 6.07) is 5.13. The summed E-state index contributed by atoms with van der Waals surface area (Å²) in [5.41, 5.74) is 0.963. The average Bonchev–Trinajstić information content (AvgIpc) is 2.59. The molecule has 5 aliphatic rings. The molecule has 1 heterocycles. The van der Waals surface area contributed by atoms with Crippen LogP contribution in [-0.2, 0) is 9.53 Å². The molecule has 1 amide bonds. The van der Waals surface area contributed by atoms with E-state index in [9.17, 15) is 9.18 Å². The van der Waals surface area contributed by atoms with Crippen LogP contribution in [0.4, 0.5) is 15.8 Å². The first-order valence-electron chi connectivity index (χ1n) is 10.9. The zero-order valence-corrected chi connectivity index (χ0v) is 16.9. The third kappa shape index (κ3) is 3.22. The quantitative estimate of drug-likeness (QED) is 0.826. The standard InChI is InChI=1S/C23H31FN2O2/c1-14-12-26(13-15(2)28-14)21-4-3-19(8-20(21)24)25-22(27)23-9-16-5-17(10-23)7-18(6-16)11-23/h3-4,8,14-18H,5-7,9-13H2,1-2H3,(H,25,27). The third-order valence-corrected chi connectivity index (χ3v) is 7.49. The van der Waals surface area contributed by atoms with Crippen molar-refractivity contribution in [1.29, 1.82) is 0 Å². The van der Waals surface area contributed by atoms with E-state index in [0.717, 1.165) is 37.0 Å². The van der Waals surface area contributed by atoms with Crippen molar-refractivity contribution < 1.29 is 13.9 Å². The molecule has 6 rings (SSSR count). The van der Waals surface area contributed by atoms with Crippen molar-refractivity contribution in [2.45, 2.75) is 64.6 Å². The SMILES string of the molecule is CC1CN(c2ccc(NC(=O)C34CC5CC(CC(C5)C3)C4)cc2F)CC(C)O1. The number of hydrogen-bond donors (Lipinski definition) is 1. The Hall–Kier alpha value is -1.62. The Bertz CT molecular complexity index is 735. The average molecular weight is 387 g/mol. The predicted molar refractivity (Wildman–Crippen MR) is 108 cm³/mol. The number of morpholine rings is 1. The zero-order valence-electron chi connectivity index (χ0n) is 16.9. The molecular weight excluding hydrogens is 355 g/mol. The van der Waals surface area contributed by atoms with E-state index in [1.165, 1.54) is 25.3 Å². The molecule has 4 aliphatic carbocycles. The van der Waals surface area contributed by atoms with Crippen molar-refractivity contribution in [2.24, 2.45) is 23.2 Å². The van der Waals surface area contributed by atoms with Crippen LogP contribution in [0.25, 0.3) is 0 Å². The molecule has 28 heavy (non-hydrogen) atoms. The Balaban J connectivity index is 1.31. The number of nitrogens with one attached hydrogen (secondary N) is 1. The maximum Gasteiger partial charge on any atom is 0.230 e. The second kappa shape index (κ2) is 6.72. The first-order chi connectivity index (χ1) is 13.4. The van der Waals surface area contributed by atoms with E-state index in [-0.39, 0.29) is 29.3 Å². The van der Waals surface area contributed by atoms with Crippen LogP contribution in [0.3, 0.4) is 0 Å². The van der Waals surface area contributed by atoms with E-state index < -0.39 is 0 Å². The van der Waals surface area contributed by atoms with Gasteiger partial charge in [-0.1, -0.05) is 0 Å². The van der Waals surface area contributed by atoms with Gasteiger partial charge in [-0.05, 0) is 88.3 Å². The maximum atomic E-state index is 14.9. The molecule has 5 fully saturated rings. The number of benzene rings is 1. The van der Waals surface area contributed by atoms with Gasteiger partial charge in [0, 0.05) is 18.8 Å². The van der Waals surface area contributed by atoms with E-state index in [1.54, 1.807) is 6.07 Å². The fraction of sp³-hybridized carbons (Fsp3) is 0.696. The van der Waals surface area contributed by atoms with E-state index in [2.05, 4.69) is 5.32 Å². The van der Waals surface area contributed by atoms with E-state index in [1.807, 2.05) is 24.8 Å². The molecule has 0 aromatic heterocycles. The third-order valence-electron chi connectivity index (χ3n) is 7.49. The molecule has 2 atom stereocenters. The second-order valence-electron chi connectivity index (χ2n) is 9.98. The molecule has 4 saturated carbocycles. The van der Waals surface area contributed by atoms with Crippen LogP contribution in [0.1, 0.15) is 52.4 Å². The number of ether oxygens (including phenoxy) is 1. The van der Waals surface area contributed by atoms with Gasteiger partial charge < -0.3 is 15.0 Å². The largest absolute Gasteiger partial charge is 0.372 e. The van der Waals surface area contributed by atoms with E-state index in [4.69, 9.17) is 4.74 Å². The van der Waals surface area contributed by atoms with Gasteiger partial charge in [0.25, 0.3) is 0 Å². The molecule has 152 valence electrons. The highest BCUT2D eigenvalue weighted by atomic mass is 19.1. The van der Waals surface area contributed by atoms with Gasteiger partial charge in [-0.3, -0.25) is 4.79 Å². The molecule has 5 heteroatoms. The Morgan fingerprint density at radius 1 is 1.07 bits per heavy atom. The summed E-state index contributed by atoms with van der Waals surface area (Å²) in [5, 5.41) is 3.07. The van der Waals surface area contributed by atoms with Crippen LogP contribution >= 0.6 is 0 Å². The van der Waals surface area contributed by atoms with E-state index in [0.29, 0.717) is 24.5 Å². The number of hydrogen-bond acceptors (Lipinski definition) is 3. The Morgan fingerprint density at radius 3 is 2.18 bits per heavy atom. The molecule has 1 saturated heterocycles. The molecule has 4 nitrogen and oxygen atoms in total. The Labute approximate surface area is 166 Å². The molecular formula is C23H31FN2O2. The van der Waals surface area contributed by atoms with Crippen LogP contribution in [0.15, 0.2) is 18.2 Å². The second-order valence-corrected chi connectivity index (χ2v) is 9.98. The van der Waals surface area contributed by atoms with Crippen LogP contribution < -0.4 is 10.2 Å². The highest BCUT2D eigenvalue weighted by molar-refractivity contribution is 5.95. The number of anilines is 2.